The van der Waals surface area contributed by atoms with Crippen LogP contribution in [-0.4, -0.2) is 45.1 Å². The predicted octanol–water partition coefficient (Wildman–Crippen LogP) is 2.37. The summed E-state index contributed by atoms with van der Waals surface area (Å²) in [4.78, 5) is 16.6. The number of amides is 1. The molecule has 2 N–H and O–H groups in total. The number of rotatable bonds is 9. The van der Waals surface area contributed by atoms with E-state index in [1.54, 1.807) is 6.07 Å². The SMILES string of the molecule is CS(=O)(=O)NCCc1ccc(C(=O)NCc2ccccc2CN2CCCC2)s1. The van der Waals surface area contributed by atoms with Crippen molar-refractivity contribution in [2.24, 2.45) is 0 Å². The Morgan fingerprint density at radius 3 is 2.54 bits per heavy atom. The van der Waals surface area contributed by atoms with Gasteiger partial charge in [-0.25, -0.2) is 13.1 Å². The zero-order valence-corrected chi connectivity index (χ0v) is 17.7. The van der Waals surface area contributed by atoms with E-state index in [-0.39, 0.29) is 5.91 Å². The molecule has 2 aromatic rings. The van der Waals surface area contributed by atoms with E-state index < -0.39 is 10.0 Å². The van der Waals surface area contributed by atoms with E-state index in [0.29, 0.717) is 24.4 Å². The first-order valence-electron chi connectivity index (χ1n) is 9.51. The van der Waals surface area contributed by atoms with Gasteiger partial charge in [-0.1, -0.05) is 24.3 Å². The van der Waals surface area contributed by atoms with E-state index in [1.807, 2.05) is 18.2 Å². The van der Waals surface area contributed by atoms with Crippen molar-refractivity contribution in [2.45, 2.75) is 32.4 Å². The van der Waals surface area contributed by atoms with E-state index >= 15 is 0 Å². The third-order valence-electron chi connectivity index (χ3n) is 4.77. The summed E-state index contributed by atoms with van der Waals surface area (Å²) in [5.74, 6) is -0.0942. The molecule has 0 aliphatic carbocycles. The van der Waals surface area contributed by atoms with Gasteiger partial charge in [0.15, 0.2) is 0 Å². The molecule has 0 unspecified atom stereocenters. The second-order valence-corrected chi connectivity index (χ2v) is 10.1. The van der Waals surface area contributed by atoms with Gasteiger partial charge in [-0.15, -0.1) is 11.3 Å². The van der Waals surface area contributed by atoms with Crippen molar-refractivity contribution in [3.05, 3.63) is 57.3 Å². The second-order valence-electron chi connectivity index (χ2n) is 7.12. The summed E-state index contributed by atoms with van der Waals surface area (Å²) in [7, 11) is -3.18. The van der Waals surface area contributed by atoms with Crippen molar-refractivity contribution in [3.63, 3.8) is 0 Å². The first kappa shape index (κ1) is 21.0. The summed E-state index contributed by atoms with van der Waals surface area (Å²) in [5.41, 5.74) is 2.42. The molecule has 1 aliphatic heterocycles. The summed E-state index contributed by atoms with van der Waals surface area (Å²) in [5, 5.41) is 3.02. The molecule has 1 saturated heterocycles. The van der Waals surface area contributed by atoms with Crippen LogP contribution in [0.2, 0.25) is 0 Å². The lowest BCUT2D eigenvalue weighted by Crippen LogP contribution is -2.24. The van der Waals surface area contributed by atoms with E-state index in [4.69, 9.17) is 0 Å². The molecule has 0 saturated carbocycles. The van der Waals surface area contributed by atoms with Crippen LogP contribution in [0.15, 0.2) is 36.4 Å². The van der Waals surface area contributed by atoms with Gasteiger partial charge in [0, 0.05) is 24.5 Å². The van der Waals surface area contributed by atoms with E-state index in [1.165, 1.54) is 29.7 Å². The molecule has 0 spiro atoms. The molecule has 152 valence electrons. The van der Waals surface area contributed by atoms with Gasteiger partial charge in [0.05, 0.1) is 11.1 Å². The molecule has 8 heteroatoms. The third-order valence-corrected chi connectivity index (χ3v) is 6.64. The van der Waals surface area contributed by atoms with Crippen LogP contribution in [0.25, 0.3) is 0 Å². The number of hydrogen-bond acceptors (Lipinski definition) is 5. The third kappa shape index (κ3) is 6.41. The Kier molecular flexibility index (Phi) is 7.23. The lowest BCUT2D eigenvalue weighted by atomic mass is 10.1. The fourth-order valence-corrected chi connectivity index (χ4v) is 4.72. The van der Waals surface area contributed by atoms with Gasteiger partial charge >= 0.3 is 0 Å². The van der Waals surface area contributed by atoms with Gasteiger partial charge in [-0.3, -0.25) is 9.69 Å². The van der Waals surface area contributed by atoms with Crippen molar-refractivity contribution >= 4 is 27.3 Å². The van der Waals surface area contributed by atoms with Gasteiger partial charge in [0.1, 0.15) is 0 Å². The molecule has 2 heterocycles. The molecular formula is C20H27N3O3S2. The van der Waals surface area contributed by atoms with Crippen molar-refractivity contribution in [1.29, 1.82) is 0 Å². The number of carbonyl (C=O) groups is 1. The molecule has 1 fully saturated rings. The van der Waals surface area contributed by atoms with Crippen molar-refractivity contribution in [2.75, 3.05) is 25.9 Å². The Morgan fingerprint density at radius 1 is 1.11 bits per heavy atom. The quantitative estimate of drug-likeness (QED) is 0.652. The van der Waals surface area contributed by atoms with Gasteiger partial charge < -0.3 is 5.32 Å². The maximum Gasteiger partial charge on any atom is 0.261 e. The molecular weight excluding hydrogens is 394 g/mol. The molecule has 3 rings (SSSR count). The molecule has 6 nitrogen and oxygen atoms in total. The zero-order valence-electron chi connectivity index (χ0n) is 16.1. The first-order chi connectivity index (χ1) is 13.4. The molecule has 0 bridgehead atoms. The predicted molar refractivity (Wildman–Crippen MR) is 113 cm³/mol. The summed E-state index contributed by atoms with van der Waals surface area (Å²) < 4.78 is 24.7. The molecule has 1 amide bonds. The minimum Gasteiger partial charge on any atom is -0.347 e. The highest BCUT2D eigenvalue weighted by Gasteiger charge is 2.14. The molecule has 28 heavy (non-hydrogen) atoms. The molecule has 0 radical (unpaired) electrons. The van der Waals surface area contributed by atoms with E-state index in [0.717, 1.165) is 36.3 Å². The van der Waals surface area contributed by atoms with Crippen LogP contribution in [0.4, 0.5) is 0 Å². The number of nitrogens with zero attached hydrogens (tertiary/aromatic N) is 1. The Hall–Kier alpha value is -1.74. The largest absolute Gasteiger partial charge is 0.347 e. The minimum absolute atomic E-state index is 0.0942. The standard InChI is InChI=1S/C20H27N3O3S2/c1-28(25,26)22-11-10-18-8-9-19(27-18)20(24)21-14-16-6-2-3-7-17(16)15-23-12-4-5-13-23/h2-3,6-9,22H,4-5,10-15H2,1H3,(H,21,24). The topological polar surface area (TPSA) is 78.5 Å². The highest BCUT2D eigenvalue weighted by atomic mass is 32.2. The van der Waals surface area contributed by atoms with E-state index in [2.05, 4.69) is 27.1 Å². The normalized spacial score (nSPS) is 15.0. The average molecular weight is 422 g/mol. The lowest BCUT2D eigenvalue weighted by molar-refractivity contribution is 0.0955. The maximum atomic E-state index is 12.5. The Labute approximate surface area is 171 Å². The zero-order chi connectivity index (χ0) is 20.0. The number of benzene rings is 1. The van der Waals surface area contributed by atoms with Gasteiger partial charge in [0.25, 0.3) is 5.91 Å². The van der Waals surface area contributed by atoms with Crippen LogP contribution in [0.5, 0.6) is 0 Å². The molecule has 1 aromatic carbocycles. The molecule has 0 atom stereocenters. The number of carbonyl (C=O) groups excluding carboxylic acids is 1. The smallest absolute Gasteiger partial charge is 0.261 e. The van der Waals surface area contributed by atoms with Crippen molar-refractivity contribution < 1.29 is 13.2 Å². The number of thiophene rings is 1. The Balaban J connectivity index is 1.53. The average Bonchev–Trinajstić information content (AvgIpc) is 3.32. The van der Waals surface area contributed by atoms with Gasteiger partial charge in [0.2, 0.25) is 10.0 Å². The highest BCUT2D eigenvalue weighted by molar-refractivity contribution is 7.88. The number of likely N-dealkylation sites (tertiary alicyclic amines) is 1. The van der Waals surface area contributed by atoms with Crippen molar-refractivity contribution in [1.82, 2.24) is 14.9 Å². The van der Waals surface area contributed by atoms with E-state index in [9.17, 15) is 13.2 Å². The molecule has 1 aliphatic rings. The summed E-state index contributed by atoms with van der Waals surface area (Å²) in [6.45, 7) is 4.07. The lowest BCUT2D eigenvalue weighted by Gasteiger charge is -2.17. The second kappa shape index (κ2) is 9.65. The minimum atomic E-state index is -3.18. The Bertz CT molecular complexity index is 903. The number of sulfonamides is 1. The van der Waals surface area contributed by atoms with Crippen LogP contribution in [0.3, 0.4) is 0 Å². The number of nitrogens with one attached hydrogen (secondary N) is 2. The highest BCUT2D eigenvalue weighted by Crippen LogP contribution is 2.18. The fourth-order valence-electron chi connectivity index (χ4n) is 3.32. The summed E-state index contributed by atoms with van der Waals surface area (Å²) in [6.07, 6.45) is 4.24. The summed E-state index contributed by atoms with van der Waals surface area (Å²) in [6, 6.07) is 11.9. The Morgan fingerprint density at radius 2 is 1.82 bits per heavy atom. The molecule has 1 aromatic heterocycles. The maximum absolute atomic E-state index is 12.5. The van der Waals surface area contributed by atoms with Gasteiger partial charge in [-0.2, -0.15) is 0 Å². The number of hydrogen-bond donors (Lipinski definition) is 2. The van der Waals surface area contributed by atoms with Gasteiger partial charge in [-0.05, 0) is 55.6 Å². The van der Waals surface area contributed by atoms with Crippen LogP contribution in [0, 0.1) is 0 Å². The monoisotopic (exact) mass is 421 g/mol. The van der Waals surface area contributed by atoms with Crippen LogP contribution in [-0.2, 0) is 29.5 Å². The fraction of sp³-hybridized carbons (Fsp3) is 0.450. The van der Waals surface area contributed by atoms with Crippen LogP contribution in [0.1, 0.15) is 38.5 Å². The summed E-state index contributed by atoms with van der Waals surface area (Å²) >= 11 is 1.40. The van der Waals surface area contributed by atoms with Crippen molar-refractivity contribution in [3.8, 4) is 0 Å². The van der Waals surface area contributed by atoms with Crippen LogP contribution >= 0.6 is 11.3 Å². The first-order valence-corrected chi connectivity index (χ1v) is 12.2. The van der Waals surface area contributed by atoms with Crippen LogP contribution < -0.4 is 10.0 Å².